The molecule has 2 heterocycles. The Bertz CT molecular complexity index is 1450. The highest BCUT2D eigenvalue weighted by molar-refractivity contribution is 6.32. The first-order valence-corrected chi connectivity index (χ1v) is 10.6. The van der Waals surface area contributed by atoms with Crippen LogP contribution in [0.2, 0.25) is 5.15 Å². The van der Waals surface area contributed by atoms with Gasteiger partial charge in [-0.2, -0.15) is 10.4 Å². The summed E-state index contributed by atoms with van der Waals surface area (Å²) in [7, 11) is 0. The second-order valence-corrected chi connectivity index (χ2v) is 7.92. The van der Waals surface area contributed by atoms with Crippen molar-refractivity contribution in [2.45, 2.75) is 33.5 Å². The maximum atomic E-state index is 12.8. The summed E-state index contributed by atoms with van der Waals surface area (Å²) in [5.74, 6) is -0.506. The van der Waals surface area contributed by atoms with Crippen LogP contribution in [0, 0.1) is 25.2 Å². The number of para-hydroxylation sites is 1. The Morgan fingerprint density at radius 3 is 2.61 bits per heavy atom. The van der Waals surface area contributed by atoms with Gasteiger partial charge < -0.3 is 4.74 Å². The third-order valence-electron chi connectivity index (χ3n) is 5.22. The van der Waals surface area contributed by atoms with Gasteiger partial charge in [-0.15, -0.1) is 0 Å². The predicted molar refractivity (Wildman–Crippen MR) is 123 cm³/mol. The molecule has 0 saturated carbocycles. The maximum absolute atomic E-state index is 12.8. The van der Waals surface area contributed by atoms with Crippen LogP contribution in [0.15, 0.2) is 53.3 Å². The van der Waals surface area contributed by atoms with E-state index in [1.54, 1.807) is 31.2 Å². The van der Waals surface area contributed by atoms with E-state index in [9.17, 15) is 9.59 Å². The lowest BCUT2D eigenvalue weighted by atomic mass is 10.1. The van der Waals surface area contributed by atoms with Crippen molar-refractivity contribution in [3.63, 3.8) is 0 Å². The third-order valence-corrected chi connectivity index (χ3v) is 5.61. The molecule has 4 rings (SSSR count). The first-order valence-electron chi connectivity index (χ1n) is 10.2. The molecule has 0 bridgehead atoms. The Kier molecular flexibility index (Phi) is 6.24. The zero-order valence-corrected chi connectivity index (χ0v) is 18.8. The SMILES string of the molecule is Cc1ccc(Cn2nc(C)c(C(=O)OCc3nc4ccccc4c(=O)n3CC#N)c2Cl)cc1. The van der Waals surface area contributed by atoms with E-state index in [2.05, 4.69) is 10.1 Å². The molecule has 0 radical (unpaired) electrons. The lowest BCUT2D eigenvalue weighted by molar-refractivity contribution is 0.0456. The maximum Gasteiger partial charge on any atom is 0.343 e. The predicted octanol–water partition coefficient (Wildman–Crippen LogP) is 3.79. The van der Waals surface area contributed by atoms with Crippen molar-refractivity contribution in [3.05, 3.63) is 92.2 Å². The average Bonchev–Trinajstić information content (AvgIpc) is 3.08. The number of rotatable bonds is 6. The Balaban J connectivity index is 1.58. The van der Waals surface area contributed by atoms with E-state index in [4.69, 9.17) is 21.6 Å². The second-order valence-electron chi connectivity index (χ2n) is 7.57. The molecule has 0 atom stereocenters. The highest BCUT2D eigenvalue weighted by atomic mass is 35.5. The van der Waals surface area contributed by atoms with Crippen LogP contribution in [-0.4, -0.2) is 25.3 Å². The summed E-state index contributed by atoms with van der Waals surface area (Å²) in [5, 5.41) is 14.1. The number of benzene rings is 2. The van der Waals surface area contributed by atoms with Gasteiger partial charge in [0.15, 0.2) is 5.82 Å². The molecule has 0 aliphatic carbocycles. The lowest BCUT2D eigenvalue weighted by Crippen LogP contribution is -2.26. The zero-order valence-electron chi connectivity index (χ0n) is 18.1. The van der Waals surface area contributed by atoms with Gasteiger partial charge in [0.05, 0.1) is 29.2 Å². The molecule has 4 aromatic rings. The van der Waals surface area contributed by atoms with E-state index in [1.165, 1.54) is 9.25 Å². The molecule has 166 valence electrons. The number of ether oxygens (including phenoxy) is 1. The topological polar surface area (TPSA) is 103 Å². The van der Waals surface area contributed by atoms with Gasteiger partial charge in [0.25, 0.3) is 5.56 Å². The molecule has 0 spiro atoms. The van der Waals surface area contributed by atoms with Gasteiger partial charge in [-0.05, 0) is 31.5 Å². The van der Waals surface area contributed by atoms with E-state index >= 15 is 0 Å². The highest BCUT2D eigenvalue weighted by Crippen LogP contribution is 2.22. The standard InChI is InChI=1S/C24H20ClN5O3/c1-15-7-9-17(10-8-15)13-30-22(25)21(16(2)28-30)24(32)33-14-20-27-19-6-4-3-5-18(19)23(31)29(20)12-11-26/h3-10H,12-14H2,1-2H3. The molecule has 0 saturated heterocycles. The van der Waals surface area contributed by atoms with E-state index in [0.29, 0.717) is 23.1 Å². The van der Waals surface area contributed by atoms with Crippen LogP contribution in [0.25, 0.3) is 10.9 Å². The molecule has 0 fully saturated rings. The van der Waals surface area contributed by atoms with Crippen molar-refractivity contribution in [1.29, 1.82) is 5.26 Å². The number of halogens is 1. The van der Waals surface area contributed by atoms with Crippen molar-refractivity contribution in [3.8, 4) is 6.07 Å². The summed E-state index contributed by atoms with van der Waals surface area (Å²) in [5.41, 5.74) is 2.81. The third kappa shape index (κ3) is 4.49. The van der Waals surface area contributed by atoms with Crippen LogP contribution < -0.4 is 5.56 Å². The van der Waals surface area contributed by atoms with Crippen LogP contribution in [0.1, 0.15) is 33.0 Å². The number of nitrogens with zero attached hydrogens (tertiary/aromatic N) is 5. The molecule has 2 aromatic heterocycles. The van der Waals surface area contributed by atoms with Gasteiger partial charge in [-0.3, -0.25) is 9.36 Å². The summed E-state index contributed by atoms with van der Waals surface area (Å²) in [6.45, 7) is 3.58. The molecule has 2 aromatic carbocycles. The minimum absolute atomic E-state index is 0.152. The van der Waals surface area contributed by atoms with Crippen LogP contribution >= 0.6 is 11.6 Å². The first kappa shape index (κ1) is 22.2. The van der Waals surface area contributed by atoms with Crippen molar-refractivity contribution in [2.24, 2.45) is 0 Å². The normalized spacial score (nSPS) is 10.8. The van der Waals surface area contributed by atoms with Crippen molar-refractivity contribution in [1.82, 2.24) is 19.3 Å². The molecule has 8 nitrogen and oxygen atoms in total. The summed E-state index contributed by atoms with van der Waals surface area (Å²) in [6.07, 6.45) is 0. The molecule has 0 aliphatic heterocycles. The van der Waals surface area contributed by atoms with Crippen LogP contribution in [0.4, 0.5) is 0 Å². The quantitative estimate of drug-likeness (QED) is 0.405. The number of aryl methyl sites for hydroxylation is 2. The second kappa shape index (κ2) is 9.27. The molecule has 9 heteroatoms. The summed E-state index contributed by atoms with van der Waals surface area (Å²) in [6, 6.07) is 16.7. The number of carbonyl (C=O) groups is 1. The number of hydrogen-bond donors (Lipinski definition) is 0. The number of carbonyl (C=O) groups excluding carboxylic acids is 1. The minimum atomic E-state index is -0.682. The fourth-order valence-electron chi connectivity index (χ4n) is 3.52. The number of esters is 1. The van der Waals surface area contributed by atoms with E-state index in [-0.39, 0.29) is 35.3 Å². The van der Waals surface area contributed by atoms with Crippen LogP contribution in [0.5, 0.6) is 0 Å². The Morgan fingerprint density at radius 2 is 1.88 bits per heavy atom. The summed E-state index contributed by atoms with van der Waals surface area (Å²) >= 11 is 6.46. The van der Waals surface area contributed by atoms with Crippen LogP contribution in [0.3, 0.4) is 0 Å². The number of fused-ring (bicyclic) bond motifs is 1. The van der Waals surface area contributed by atoms with Gasteiger partial charge in [0.1, 0.15) is 23.9 Å². The fourth-order valence-corrected chi connectivity index (χ4v) is 3.83. The van der Waals surface area contributed by atoms with E-state index < -0.39 is 5.97 Å². The minimum Gasteiger partial charge on any atom is -0.454 e. The van der Waals surface area contributed by atoms with Crippen LogP contribution in [-0.2, 0) is 24.4 Å². The lowest BCUT2D eigenvalue weighted by Gasteiger charge is -2.11. The number of nitriles is 1. The number of aromatic nitrogens is 4. The smallest absolute Gasteiger partial charge is 0.343 e. The zero-order chi connectivity index (χ0) is 23.5. The molecule has 0 unspecified atom stereocenters. The van der Waals surface area contributed by atoms with Gasteiger partial charge in [-0.1, -0.05) is 53.6 Å². The Labute approximate surface area is 194 Å². The Hall–Kier alpha value is -3.96. The van der Waals surface area contributed by atoms with Crippen molar-refractivity contribution in [2.75, 3.05) is 0 Å². The number of hydrogen-bond acceptors (Lipinski definition) is 6. The summed E-state index contributed by atoms with van der Waals surface area (Å²) < 4.78 is 8.18. The Morgan fingerprint density at radius 1 is 1.15 bits per heavy atom. The van der Waals surface area contributed by atoms with Gasteiger partial charge in [0.2, 0.25) is 0 Å². The monoisotopic (exact) mass is 461 g/mol. The largest absolute Gasteiger partial charge is 0.454 e. The molecule has 0 amide bonds. The molecular formula is C24H20ClN5O3. The van der Waals surface area contributed by atoms with Gasteiger partial charge in [-0.25, -0.2) is 14.5 Å². The molecular weight excluding hydrogens is 442 g/mol. The van der Waals surface area contributed by atoms with Gasteiger partial charge >= 0.3 is 5.97 Å². The highest BCUT2D eigenvalue weighted by Gasteiger charge is 2.23. The fraction of sp³-hybridized carbons (Fsp3) is 0.208. The van der Waals surface area contributed by atoms with Crippen molar-refractivity contribution >= 4 is 28.5 Å². The van der Waals surface area contributed by atoms with Gasteiger partial charge in [0, 0.05) is 0 Å². The molecule has 33 heavy (non-hydrogen) atoms. The molecule has 0 N–H and O–H groups in total. The van der Waals surface area contributed by atoms with E-state index in [1.807, 2.05) is 37.3 Å². The first-order chi connectivity index (χ1) is 15.9. The molecule has 0 aliphatic rings. The van der Waals surface area contributed by atoms with Crippen molar-refractivity contribution < 1.29 is 9.53 Å². The average molecular weight is 462 g/mol. The summed E-state index contributed by atoms with van der Waals surface area (Å²) in [4.78, 5) is 30.0. The van der Waals surface area contributed by atoms with E-state index in [0.717, 1.165) is 11.1 Å².